The number of rotatable bonds is 3. The van der Waals surface area contributed by atoms with Crippen LogP contribution in [-0.4, -0.2) is 46.5 Å². The summed E-state index contributed by atoms with van der Waals surface area (Å²) in [5.41, 5.74) is 1.01. The normalized spacial score (nSPS) is 16.1. The molecular formula is C13H16ClN5O. The quantitative estimate of drug-likeness (QED) is 0.860. The summed E-state index contributed by atoms with van der Waals surface area (Å²) in [6, 6.07) is 7.74. The van der Waals surface area contributed by atoms with Crippen molar-refractivity contribution in [3.8, 4) is 0 Å². The fraction of sp³-hybridized carbons (Fsp3) is 0.462. The Morgan fingerprint density at radius 1 is 1.20 bits per heavy atom. The summed E-state index contributed by atoms with van der Waals surface area (Å²) >= 11 is 6.19. The molecule has 1 aromatic carbocycles. The van der Waals surface area contributed by atoms with E-state index in [4.69, 9.17) is 16.3 Å². The fourth-order valence-electron chi connectivity index (χ4n) is 2.26. The molecule has 1 aliphatic rings. The fourth-order valence-corrected chi connectivity index (χ4v) is 2.46. The van der Waals surface area contributed by atoms with Crippen molar-refractivity contribution in [1.29, 1.82) is 0 Å². The van der Waals surface area contributed by atoms with E-state index in [0.717, 1.165) is 42.7 Å². The highest BCUT2D eigenvalue weighted by atomic mass is 35.5. The summed E-state index contributed by atoms with van der Waals surface area (Å²) in [5.74, 6) is 0.774. The van der Waals surface area contributed by atoms with Gasteiger partial charge in [0.1, 0.15) is 0 Å². The number of hydrogen-bond acceptors (Lipinski definition) is 5. The molecule has 0 saturated carbocycles. The van der Waals surface area contributed by atoms with E-state index in [1.807, 2.05) is 24.3 Å². The number of ether oxygens (including phenoxy) is 1. The number of hydrogen-bond donors (Lipinski definition) is 0. The van der Waals surface area contributed by atoms with Crippen LogP contribution in [0.15, 0.2) is 24.3 Å². The molecule has 0 spiro atoms. The van der Waals surface area contributed by atoms with Crippen LogP contribution in [0.4, 0.5) is 5.95 Å². The number of nitrogens with zero attached hydrogens (tertiary/aromatic N) is 5. The van der Waals surface area contributed by atoms with Gasteiger partial charge < -0.3 is 9.64 Å². The van der Waals surface area contributed by atoms with Crippen molar-refractivity contribution < 1.29 is 4.74 Å². The van der Waals surface area contributed by atoms with Crippen molar-refractivity contribution in [2.45, 2.75) is 13.0 Å². The number of anilines is 1. The third-order valence-electron chi connectivity index (χ3n) is 3.30. The van der Waals surface area contributed by atoms with Crippen molar-refractivity contribution in [2.75, 3.05) is 31.2 Å². The summed E-state index contributed by atoms with van der Waals surface area (Å²) in [4.78, 5) is 2.16. The summed E-state index contributed by atoms with van der Waals surface area (Å²) < 4.78 is 7.24. The van der Waals surface area contributed by atoms with Gasteiger partial charge in [-0.1, -0.05) is 34.9 Å². The molecule has 0 aliphatic carbocycles. The first-order valence-electron chi connectivity index (χ1n) is 6.67. The average molecular weight is 294 g/mol. The highest BCUT2D eigenvalue weighted by Gasteiger charge is 2.17. The van der Waals surface area contributed by atoms with Gasteiger partial charge in [0.2, 0.25) is 5.95 Å². The van der Waals surface area contributed by atoms with Crippen molar-refractivity contribution in [3.05, 3.63) is 34.9 Å². The highest BCUT2D eigenvalue weighted by molar-refractivity contribution is 6.31. The topological polar surface area (TPSA) is 56.1 Å². The first kappa shape index (κ1) is 13.3. The second kappa shape index (κ2) is 6.19. The van der Waals surface area contributed by atoms with Crippen molar-refractivity contribution >= 4 is 17.5 Å². The first-order chi connectivity index (χ1) is 9.84. The van der Waals surface area contributed by atoms with Gasteiger partial charge in [0.05, 0.1) is 13.2 Å². The molecule has 1 fully saturated rings. The van der Waals surface area contributed by atoms with Crippen LogP contribution in [0.3, 0.4) is 0 Å². The summed E-state index contributed by atoms with van der Waals surface area (Å²) in [6.07, 6.45) is 0.985. The van der Waals surface area contributed by atoms with Crippen LogP contribution in [0.5, 0.6) is 0 Å². The van der Waals surface area contributed by atoms with Crippen LogP contribution in [-0.2, 0) is 11.3 Å². The second-order valence-electron chi connectivity index (χ2n) is 4.68. The van der Waals surface area contributed by atoms with Gasteiger partial charge in [-0.05, 0) is 28.5 Å². The van der Waals surface area contributed by atoms with Gasteiger partial charge in [0, 0.05) is 24.7 Å². The molecule has 0 atom stereocenters. The maximum atomic E-state index is 6.19. The molecule has 0 N–H and O–H groups in total. The maximum Gasteiger partial charge on any atom is 0.245 e. The lowest BCUT2D eigenvalue weighted by Crippen LogP contribution is -2.29. The summed E-state index contributed by atoms with van der Waals surface area (Å²) in [6.45, 7) is 3.78. The smallest absolute Gasteiger partial charge is 0.245 e. The maximum absolute atomic E-state index is 6.19. The third-order valence-corrected chi connectivity index (χ3v) is 3.66. The standard InChI is InChI=1S/C13H16ClN5O/c14-12-5-2-1-4-11(12)10-19-13(15-16-17-19)18-6-3-8-20-9-7-18/h1-2,4-5H,3,6-10H2. The number of halogens is 1. The molecule has 1 aliphatic heterocycles. The molecule has 2 aromatic rings. The Morgan fingerprint density at radius 2 is 2.10 bits per heavy atom. The molecule has 0 amide bonds. The zero-order chi connectivity index (χ0) is 13.8. The second-order valence-corrected chi connectivity index (χ2v) is 5.09. The molecule has 2 heterocycles. The molecule has 1 saturated heterocycles. The SMILES string of the molecule is Clc1ccccc1Cn1nnnc1N1CCCOCC1. The van der Waals surface area contributed by atoms with Crippen LogP contribution in [0.25, 0.3) is 0 Å². The van der Waals surface area contributed by atoms with E-state index in [-0.39, 0.29) is 0 Å². The molecule has 0 radical (unpaired) electrons. The first-order valence-corrected chi connectivity index (χ1v) is 7.04. The van der Waals surface area contributed by atoms with E-state index < -0.39 is 0 Å². The number of benzene rings is 1. The van der Waals surface area contributed by atoms with Crippen LogP contribution in [0, 0.1) is 0 Å². The monoisotopic (exact) mass is 293 g/mol. The van der Waals surface area contributed by atoms with Crippen LogP contribution in [0.1, 0.15) is 12.0 Å². The van der Waals surface area contributed by atoms with Crippen molar-refractivity contribution in [1.82, 2.24) is 20.2 Å². The molecule has 1 aromatic heterocycles. The summed E-state index contributed by atoms with van der Waals surface area (Å²) in [5, 5.41) is 12.7. The zero-order valence-electron chi connectivity index (χ0n) is 11.1. The highest BCUT2D eigenvalue weighted by Crippen LogP contribution is 2.18. The Balaban J connectivity index is 1.81. The van der Waals surface area contributed by atoms with Gasteiger partial charge in [-0.3, -0.25) is 0 Å². The lowest BCUT2D eigenvalue weighted by Gasteiger charge is -2.20. The minimum atomic E-state index is 0.569. The van der Waals surface area contributed by atoms with Gasteiger partial charge in [0.15, 0.2) is 0 Å². The lowest BCUT2D eigenvalue weighted by atomic mass is 10.2. The molecule has 0 bridgehead atoms. The Hall–Kier alpha value is -1.66. The van der Waals surface area contributed by atoms with E-state index in [0.29, 0.717) is 13.2 Å². The zero-order valence-corrected chi connectivity index (χ0v) is 11.8. The van der Waals surface area contributed by atoms with Crippen LogP contribution in [0.2, 0.25) is 5.02 Å². The predicted molar refractivity (Wildman–Crippen MR) is 76.0 cm³/mol. The van der Waals surface area contributed by atoms with Gasteiger partial charge in [-0.15, -0.1) is 0 Å². The van der Waals surface area contributed by atoms with Gasteiger partial charge in [0.25, 0.3) is 0 Å². The minimum Gasteiger partial charge on any atom is -0.380 e. The van der Waals surface area contributed by atoms with Gasteiger partial charge in [-0.2, -0.15) is 0 Å². The van der Waals surface area contributed by atoms with E-state index in [1.165, 1.54) is 0 Å². The van der Waals surface area contributed by atoms with Crippen LogP contribution >= 0.6 is 11.6 Å². The molecular weight excluding hydrogens is 278 g/mol. The van der Waals surface area contributed by atoms with E-state index in [9.17, 15) is 0 Å². The number of aromatic nitrogens is 4. The molecule has 3 rings (SSSR count). The minimum absolute atomic E-state index is 0.569. The summed E-state index contributed by atoms with van der Waals surface area (Å²) in [7, 11) is 0. The Labute approximate surface area is 122 Å². The van der Waals surface area contributed by atoms with E-state index >= 15 is 0 Å². The van der Waals surface area contributed by atoms with E-state index in [1.54, 1.807) is 4.68 Å². The van der Waals surface area contributed by atoms with Gasteiger partial charge >= 0.3 is 0 Å². The van der Waals surface area contributed by atoms with Gasteiger partial charge in [-0.25, -0.2) is 4.68 Å². The molecule has 0 unspecified atom stereocenters. The predicted octanol–water partition coefficient (Wildman–Crippen LogP) is 1.60. The number of tetrazole rings is 1. The molecule has 106 valence electrons. The largest absolute Gasteiger partial charge is 0.380 e. The molecule has 20 heavy (non-hydrogen) atoms. The van der Waals surface area contributed by atoms with Crippen LogP contribution < -0.4 is 4.90 Å². The van der Waals surface area contributed by atoms with E-state index in [2.05, 4.69) is 20.4 Å². The van der Waals surface area contributed by atoms with Crippen molar-refractivity contribution in [2.24, 2.45) is 0 Å². The molecule has 6 nitrogen and oxygen atoms in total. The lowest BCUT2D eigenvalue weighted by molar-refractivity contribution is 0.152. The Morgan fingerprint density at radius 3 is 3.00 bits per heavy atom. The Kier molecular flexibility index (Phi) is 4.13. The third kappa shape index (κ3) is 2.91. The Bertz CT molecular complexity index is 565. The molecule has 7 heteroatoms. The van der Waals surface area contributed by atoms with Crippen molar-refractivity contribution in [3.63, 3.8) is 0 Å². The average Bonchev–Trinajstić information content (AvgIpc) is 2.74.